The lowest BCUT2D eigenvalue weighted by molar-refractivity contribution is 0.381. The van der Waals surface area contributed by atoms with Gasteiger partial charge in [0, 0.05) is 49.3 Å². The number of thiazole rings is 1. The summed E-state index contributed by atoms with van der Waals surface area (Å²) in [6.45, 7) is 8.20. The molecule has 0 aromatic carbocycles. The van der Waals surface area contributed by atoms with E-state index in [4.69, 9.17) is 5.73 Å². The SMILES string of the molecule is C=CCSCCN=C(N)N1CCN(c2nccs2)CC1. The molecule has 1 fully saturated rings. The van der Waals surface area contributed by atoms with E-state index in [0.717, 1.165) is 49.4 Å². The second-order valence-electron chi connectivity index (χ2n) is 4.39. The predicted octanol–water partition coefficient (Wildman–Crippen LogP) is 1.50. The summed E-state index contributed by atoms with van der Waals surface area (Å²) >= 11 is 3.51. The summed E-state index contributed by atoms with van der Waals surface area (Å²) in [5.74, 6) is 2.64. The van der Waals surface area contributed by atoms with Gasteiger partial charge in [0.15, 0.2) is 11.1 Å². The van der Waals surface area contributed by atoms with Crippen LogP contribution in [0.25, 0.3) is 0 Å². The second-order valence-corrected chi connectivity index (χ2v) is 6.42. The summed E-state index contributed by atoms with van der Waals surface area (Å²) in [6, 6.07) is 0. The predicted molar refractivity (Wildman–Crippen MR) is 89.9 cm³/mol. The summed E-state index contributed by atoms with van der Waals surface area (Å²) < 4.78 is 0. The quantitative estimate of drug-likeness (QED) is 0.373. The van der Waals surface area contributed by atoms with Gasteiger partial charge in [0.05, 0.1) is 6.54 Å². The van der Waals surface area contributed by atoms with Gasteiger partial charge in [0.25, 0.3) is 0 Å². The van der Waals surface area contributed by atoms with Crippen molar-refractivity contribution in [2.45, 2.75) is 0 Å². The first-order valence-corrected chi connectivity index (χ1v) is 8.72. The van der Waals surface area contributed by atoms with Crippen LogP contribution in [0.15, 0.2) is 29.2 Å². The van der Waals surface area contributed by atoms with Gasteiger partial charge < -0.3 is 15.5 Å². The lowest BCUT2D eigenvalue weighted by Gasteiger charge is -2.35. The van der Waals surface area contributed by atoms with Crippen LogP contribution in [0.1, 0.15) is 0 Å². The van der Waals surface area contributed by atoms with Gasteiger partial charge in [-0.25, -0.2) is 4.98 Å². The molecule has 20 heavy (non-hydrogen) atoms. The normalized spacial score (nSPS) is 16.5. The van der Waals surface area contributed by atoms with Crippen molar-refractivity contribution in [2.75, 3.05) is 49.1 Å². The van der Waals surface area contributed by atoms with E-state index in [1.807, 2.05) is 29.4 Å². The van der Waals surface area contributed by atoms with Crippen molar-refractivity contribution in [3.63, 3.8) is 0 Å². The zero-order valence-electron chi connectivity index (χ0n) is 11.6. The minimum atomic E-state index is 0.669. The molecule has 0 unspecified atom stereocenters. The minimum Gasteiger partial charge on any atom is -0.370 e. The molecule has 2 N–H and O–H groups in total. The van der Waals surface area contributed by atoms with E-state index in [2.05, 4.69) is 26.4 Å². The van der Waals surface area contributed by atoms with Crippen molar-refractivity contribution in [2.24, 2.45) is 10.7 Å². The van der Waals surface area contributed by atoms with Gasteiger partial charge in [-0.1, -0.05) is 6.08 Å². The Morgan fingerprint density at radius 1 is 1.50 bits per heavy atom. The maximum atomic E-state index is 6.04. The Bertz CT molecular complexity index is 424. The Labute approximate surface area is 128 Å². The smallest absolute Gasteiger partial charge is 0.191 e. The number of guanidine groups is 1. The first kappa shape index (κ1) is 15.2. The number of piperazine rings is 1. The fourth-order valence-corrected chi connectivity index (χ4v) is 3.24. The van der Waals surface area contributed by atoms with Crippen molar-refractivity contribution in [1.29, 1.82) is 0 Å². The molecule has 7 heteroatoms. The van der Waals surface area contributed by atoms with E-state index in [-0.39, 0.29) is 0 Å². The van der Waals surface area contributed by atoms with Gasteiger partial charge in [-0.2, -0.15) is 11.8 Å². The van der Waals surface area contributed by atoms with Crippen LogP contribution in [0.4, 0.5) is 5.13 Å². The third-order valence-corrected chi connectivity index (χ3v) is 4.81. The number of aromatic nitrogens is 1. The van der Waals surface area contributed by atoms with Gasteiger partial charge in [-0.3, -0.25) is 4.99 Å². The standard InChI is InChI=1S/C13H21N5S2/c1-2-9-19-10-3-15-12(14)17-5-7-18(8-6-17)13-16-4-11-20-13/h2,4,11H,1,3,5-10H2,(H2,14,15). The molecule has 1 aliphatic rings. The number of aliphatic imine (C=N–C) groups is 1. The van der Waals surface area contributed by atoms with Gasteiger partial charge in [0.2, 0.25) is 0 Å². The van der Waals surface area contributed by atoms with Crippen molar-refractivity contribution >= 4 is 34.2 Å². The number of rotatable bonds is 6. The van der Waals surface area contributed by atoms with Crippen LogP contribution < -0.4 is 10.6 Å². The number of hydrogen-bond donors (Lipinski definition) is 1. The molecule has 2 rings (SSSR count). The zero-order valence-corrected chi connectivity index (χ0v) is 13.2. The van der Waals surface area contributed by atoms with Crippen LogP contribution in [0.5, 0.6) is 0 Å². The highest BCUT2D eigenvalue weighted by Crippen LogP contribution is 2.18. The van der Waals surface area contributed by atoms with Crippen LogP contribution in [0, 0.1) is 0 Å². The highest BCUT2D eigenvalue weighted by Gasteiger charge is 2.19. The van der Waals surface area contributed by atoms with Crippen LogP contribution in [0.2, 0.25) is 0 Å². The molecule has 0 aliphatic carbocycles. The third-order valence-electron chi connectivity index (χ3n) is 3.04. The van der Waals surface area contributed by atoms with Gasteiger partial charge in [0.1, 0.15) is 0 Å². The number of hydrogen-bond acceptors (Lipinski definition) is 5. The first-order valence-electron chi connectivity index (χ1n) is 6.69. The van der Waals surface area contributed by atoms with E-state index in [0.29, 0.717) is 5.96 Å². The molecular weight excluding hydrogens is 290 g/mol. The molecule has 0 bridgehead atoms. The Hall–Kier alpha value is -1.21. The number of nitrogens with zero attached hydrogens (tertiary/aromatic N) is 4. The molecule has 110 valence electrons. The highest BCUT2D eigenvalue weighted by atomic mass is 32.2. The third kappa shape index (κ3) is 4.42. The minimum absolute atomic E-state index is 0.669. The van der Waals surface area contributed by atoms with E-state index in [1.165, 1.54) is 0 Å². The number of anilines is 1. The lowest BCUT2D eigenvalue weighted by atomic mass is 10.3. The Morgan fingerprint density at radius 3 is 2.95 bits per heavy atom. The van der Waals surface area contributed by atoms with Crippen LogP contribution >= 0.6 is 23.1 Å². The van der Waals surface area contributed by atoms with E-state index < -0.39 is 0 Å². The summed E-state index contributed by atoms with van der Waals surface area (Å²) in [5, 5.41) is 3.11. The number of nitrogens with two attached hydrogens (primary N) is 1. The molecule has 0 atom stereocenters. The van der Waals surface area contributed by atoms with E-state index in [9.17, 15) is 0 Å². The van der Waals surface area contributed by atoms with Crippen LogP contribution in [-0.2, 0) is 0 Å². The van der Waals surface area contributed by atoms with Crippen molar-refractivity contribution in [3.05, 3.63) is 24.2 Å². The molecule has 0 saturated carbocycles. The van der Waals surface area contributed by atoms with Gasteiger partial charge in [-0.05, 0) is 0 Å². The van der Waals surface area contributed by atoms with Crippen molar-refractivity contribution in [3.8, 4) is 0 Å². The largest absolute Gasteiger partial charge is 0.370 e. The molecular formula is C13H21N5S2. The molecule has 0 amide bonds. The molecule has 1 aromatic rings. The molecule has 1 aliphatic heterocycles. The van der Waals surface area contributed by atoms with Gasteiger partial charge in [-0.15, -0.1) is 17.9 Å². The summed E-state index contributed by atoms with van der Waals surface area (Å²) in [5.41, 5.74) is 6.04. The Kier molecular flexibility index (Phi) is 6.20. The average molecular weight is 311 g/mol. The lowest BCUT2D eigenvalue weighted by Crippen LogP contribution is -2.51. The maximum Gasteiger partial charge on any atom is 0.191 e. The topological polar surface area (TPSA) is 57.8 Å². The van der Waals surface area contributed by atoms with E-state index in [1.54, 1.807) is 11.3 Å². The van der Waals surface area contributed by atoms with Crippen molar-refractivity contribution in [1.82, 2.24) is 9.88 Å². The van der Waals surface area contributed by atoms with E-state index >= 15 is 0 Å². The Morgan fingerprint density at radius 2 is 2.30 bits per heavy atom. The zero-order chi connectivity index (χ0) is 14.2. The number of thioether (sulfide) groups is 1. The highest BCUT2D eigenvalue weighted by molar-refractivity contribution is 7.99. The summed E-state index contributed by atoms with van der Waals surface area (Å²) in [6.07, 6.45) is 3.76. The fraction of sp³-hybridized carbons (Fsp3) is 0.538. The fourth-order valence-electron chi connectivity index (χ4n) is 1.99. The molecule has 2 heterocycles. The molecule has 1 saturated heterocycles. The summed E-state index contributed by atoms with van der Waals surface area (Å²) in [7, 11) is 0. The molecule has 0 radical (unpaired) electrons. The second kappa shape index (κ2) is 8.16. The molecule has 5 nitrogen and oxygen atoms in total. The summed E-state index contributed by atoms with van der Waals surface area (Å²) in [4.78, 5) is 13.2. The monoisotopic (exact) mass is 311 g/mol. The Balaban J connectivity index is 1.72. The van der Waals surface area contributed by atoms with Crippen molar-refractivity contribution < 1.29 is 0 Å². The maximum absolute atomic E-state index is 6.04. The van der Waals surface area contributed by atoms with Crippen LogP contribution in [0.3, 0.4) is 0 Å². The average Bonchev–Trinajstić information content (AvgIpc) is 3.01. The van der Waals surface area contributed by atoms with Crippen LogP contribution in [-0.4, -0.2) is 60.1 Å². The molecule has 0 spiro atoms. The molecule has 1 aromatic heterocycles. The first-order chi connectivity index (χ1) is 9.81. The van der Waals surface area contributed by atoms with Gasteiger partial charge >= 0.3 is 0 Å².